The van der Waals surface area contributed by atoms with E-state index >= 15 is 0 Å². The van der Waals surface area contributed by atoms with Crippen molar-refractivity contribution in [2.75, 3.05) is 19.6 Å². The minimum absolute atomic E-state index is 0.0256. The number of nitrogens with zero attached hydrogens (tertiary/aromatic N) is 4. The summed E-state index contributed by atoms with van der Waals surface area (Å²) in [5, 5.41) is 4.87. The van der Waals surface area contributed by atoms with Gasteiger partial charge in [-0.05, 0) is 43.6 Å². The Bertz CT molecular complexity index is 911. The highest BCUT2D eigenvalue weighted by atomic mass is 19.4. The number of rotatable bonds is 4. The first-order valence-corrected chi connectivity index (χ1v) is 8.72. The largest absolute Gasteiger partial charge is 0.418 e. The monoisotopic (exact) mass is 360 g/mol. The number of pyridine rings is 1. The number of aromatic nitrogens is 3. The van der Waals surface area contributed by atoms with Gasteiger partial charge in [-0.2, -0.15) is 18.3 Å². The van der Waals surface area contributed by atoms with Crippen molar-refractivity contribution in [1.29, 1.82) is 0 Å². The fourth-order valence-corrected chi connectivity index (χ4v) is 3.53. The van der Waals surface area contributed by atoms with E-state index < -0.39 is 11.7 Å². The Balaban J connectivity index is 1.64. The molecule has 0 N–H and O–H groups in total. The van der Waals surface area contributed by atoms with Gasteiger partial charge < -0.3 is 4.90 Å². The number of hydrogen-bond donors (Lipinski definition) is 0. The Morgan fingerprint density at radius 2 is 1.85 bits per heavy atom. The van der Waals surface area contributed by atoms with Crippen LogP contribution in [0.15, 0.2) is 42.9 Å². The molecule has 7 heteroatoms. The standard InChI is InChI=1S/C19H19F3N4/c20-19(21,22)17-5-3-4-16-15(6-7-23-18(16)17)14-12-24-26(13-14)11-10-25-8-1-2-9-25/h3-7,12-13H,1-2,8-11H2. The summed E-state index contributed by atoms with van der Waals surface area (Å²) in [6.45, 7) is 3.97. The first kappa shape index (κ1) is 17.0. The summed E-state index contributed by atoms with van der Waals surface area (Å²) in [4.78, 5) is 6.38. The Morgan fingerprint density at radius 1 is 1.04 bits per heavy atom. The number of halogens is 3. The summed E-state index contributed by atoms with van der Waals surface area (Å²) in [6.07, 6.45) is 3.09. The zero-order valence-corrected chi connectivity index (χ0v) is 14.2. The van der Waals surface area contributed by atoms with E-state index in [-0.39, 0.29) is 5.52 Å². The van der Waals surface area contributed by atoms with Gasteiger partial charge in [0, 0.05) is 29.9 Å². The van der Waals surface area contributed by atoms with Gasteiger partial charge >= 0.3 is 6.18 Å². The van der Waals surface area contributed by atoms with Gasteiger partial charge in [-0.15, -0.1) is 0 Å². The summed E-state index contributed by atoms with van der Waals surface area (Å²) >= 11 is 0. The molecule has 4 rings (SSSR count). The molecule has 0 saturated carbocycles. The second-order valence-electron chi connectivity index (χ2n) is 6.60. The highest BCUT2D eigenvalue weighted by Crippen LogP contribution is 2.36. The van der Waals surface area contributed by atoms with E-state index in [2.05, 4.69) is 15.0 Å². The SMILES string of the molecule is FC(F)(F)c1cccc2c(-c3cnn(CCN4CCCC4)c3)ccnc12. The van der Waals surface area contributed by atoms with Crippen LogP contribution < -0.4 is 0 Å². The molecule has 3 aromatic rings. The van der Waals surface area contributed by atoms with Crippen molar-refractivity contribution < 1.29 is 13.2 Å². The molecule has 0 bridgehead atoms. The summed E-state index contributed by atoms with van der Waals surface area (Å²) < 4.78 is 41.6. The van der Waals surface area contributed by atoms with Crippen LogP contribution in [0.25, 0.3) is 22.0 Å². The van der Waals surface area contributed by atoms with Crippen LogP contribution in [0, 0.1) is 0 Å². The molecule has 1 aromatic carbocycles. The lowest BCUT2D eigenvalue weighted by atomic mass is 10.0. The molecule has 26 heavy (non-hydrogen) atoms. The van der Waals surface area contributed by atoms with Crippen LogP contribution in [-0.4, -0.2) is 39.3 Å². The lowest BCUT2D eigenvalue weighted by Crippen LogP contribution is -2.24. The summed E-state index contributed by atoms with van der Waals surface area (Å²) in [6, 6.07) is 5.91. The van der Waals surface area contributed by atoms with E-state index in [9.17, 15) is 13.2 Å². The molecule has 0 radical (unpaired) electrons. The first-order chi connectivity index (χ1) is 12.5. The van der Waals surface area contributed by atoms with Crippen LogP contribution in [-0.2, 0) is 12.7 Å². The van der Waals surface area contributed by atoms with Crippen molar-refractivity contribution in [3.8, 4) is 11.1 Å². The number of alkyl halides is 3. The van der Waals surface area contributed by atoms with Gasteiger partial charge in [0.1, 0.15) is 0 Å². The van der Waals surface area contributed by atoms with E-state index in [0.29, 0.717) is 10.9 Å². The fraction of sp³-hybridized carbons (Fsp3) is 0.368. The quantitative estimate of drug-likeness (QED) is 0.699. The van der Waals surface area contributed by atoms with Crippen molar-refractivity contribution >= 4 is 10.9 Å². The van der Waals surface area contributed by atoms with E-state index in [1.54, 1.807) is 18.3 Å². The normalized spacial score (nSPS) is 15.8. The van der Waals surface area contributed by atoms with Crippen LogP contribution in [0.3, 0.4) is 0 Å². The number of likely N-dealkylation sites (tertiary alicyclic amines) is 1. The smallest absolute Gasteiger partial charge is 0.301 e. The lowest BCUT2D eigenvalue weighted by Gasteiger charge is -2.13. The molecule has 1 fully saturated rings. The molecule has 1 aliphatic rings. The van der Waals surface area contributed by atoms with Crippen LogP contribution in [0.5, 0.6) is 0 Å². The van der Waals surface area contributed by atoms with Crippen molar-refractivity contribution in [2.24, 2.45) is 0 Å². The van der Waals surface area contributed by atoms with Gasteiger partial charge in [0.25, 0.3) is 0 Å². The van der Waals surface area contributed by atoms with Gasteiger partial charge in [0.2, 0.25) is 0 Å². The van der Waals surface area contributed by atoms with E-state index in [1.165, 1.54) is 25.1 Å². The van der Waals surface area contributed by atoms with E-state index in [0.717, 1.165) is 37.8 Å². The van der Waals surface area contributed by atoms with Crippen molar-refractivity contribution in [3.05, 3.63) is 48.4 Å². The highest BCUT2D eigenvalue weighted by Gasteiger charge is 2.33. The summed E-state index contributed by atoms with van der Waals surface area (Å²) in [7, 11) is 0. The van der Waals surface area contributed by atoms with E-state index in [1.807, 2.05) is 10.9 Å². The molecule has 0 amide bonds. The van der Waals surface area contributed by atoms with Crippen LogP contribution in [0.2, 0.25) is 0 Å². The van der Waals surface area contributed by atoms with Crippen LogP contribution in [0.1, 0.15) is 18.4 Å². The second-order valence-corrected chi connectivity index (χ2v) is 6.60. The third-order valence-electron chi connectivity index (χ3n) is 4.86. The maximum atomic E-state index is 13.2. The minimum atomic E-state index is -4.43. The second kappa shape index (κ2) is 6.72. The zero-order valence-electron chi connectivity index (χ0n) is 14.2. The van der Waals surface area contributed by atoms with Crippen molar-refractivity contribution in [3.63, 3.8) is 0 Å². The predicted octanol–water partition coefficient (Wildman–Crippen LogP) is 4.21. The molecule has 0 aliphatic carbocycles. The maximum Gasteiger partial charge on any atom is 0.418 e. The number of para-hydroxylation sites is 1. The van der Waals surface area contributed by atoms with Crippen molar-refractivity contribution in [1.82, 2.24) is 19.7 Å². The Kier molecular flexibility index (Phi) is 4.40. The topological polar surface area (TPSA) is 34.0 Å². The Hall–Kier alpha value is -2.41. The molecule has 0 spiro atoms. The van der Waals surface area contributed by atoms with Gasteiger partial charge in [0.15, 0.2) is 0 Å². The molecule has 2 aromatic heterocycles. The minimum Gasteiger partial charge on any atom is -0.301 e. The van der Waals surface area contributed by atoms with Crippen molar-refractivity contribution in [2.45, 2.75) is 25.6 Å². The summed E-state index contributed by atoms with van der Waals surface area (Å²) in [5.41, 5.74) is 0.785. The number of fused-ring (bicyclic) bond motifs is 1. The molecule has 1 saturated heterocycles. The molecular formula is C19H19F3N4. The first-order valence-electron chi connectivity index (χ1n) is 8.72. The van der Waals surface area contributed by atoms with Crippen LogP contribution >= 0.6 is 0 Å². The van der Waals surface area contributed by atoms with E-state index in [4.69, 9.17) is 0 Å². The third kappa shape index (κ3) is 3.31. The average Bonchev–Trinajstić information content (AvgIpc) is 3.30. The molecule has 0 unspecified atom stereocenters. The zero-order chi connectivity index (χ0) is 18.1. The van der Waals surface area contributed by atoms with Gasteiger partial charge in [-0.25, -0.2) is 0 Å². The highest BCUT2D eigenvalue weighted by molar-refractivity contribution is 5.95. The molecule has 1 aliphatic heterocycles. The molecule has 136 valence electrons. The Morgan fingerprint density at radius 3 is 2.62 bits per heavy atom. The molecule has 3 heterocycles. The lowest BCUT2D eigenvalue weighted by molar-refractivity contribution is -0.136. The number of benzene rings is 1. The average molecular weight is 360 g/mol. The fourth-order valence-electron chi connectivity index (χ4n) is 3.53. The molecule has 4 nitrogen and oxygen atoms in total. The number of hydrogen-bond acceptors (Lipinski definition) is 3. The van der Waals surface area contributed by atoms with Gasteiger partial charge in [-0.1, -0.05) is 12.1 Å². The summed E-state index contributed by atoms with van der Waals surface area (Å²) in [5.74, 6) is 0. The Labute approximate surface area is 149 Å². The van der Waals surface area contributed by atoms with Crippen LogP contribution in [0.4, 0.5) is 13.2 Å². The van der Waals surface area contributed by atoms with Gasteiger partial charge in [0.05, 0.1) is 23.8 Å². The molecule has 0 atom stereocenters. The maximum absolute atomic E-state index is 13.2. The third-order valence-corrected chi connectivity index (χ3v) is 4.86. The molecular weight excluding hydrogens is 341 g/mol. The van der Waals surface area contributed by atoms with Gasteiger partial charge in [-0.3, -0.25) is 9.67 Å². The predicted molar refractivity (Wildman–Crippen MR) is 93.6 cm³/mol.